The summed E-state index contributed by atoms with van der Waals surface area (Å²) in [4.78, 5) is 14.7. The molecule has 0 bridgehead atoms. The number of pyridine rings is 1. The monoisotopic (exact) mass is 669 g/mol. The molecule has 2 aromatic heterocycles. The van der Waals surface area contributed by atoms with Crippen molar-refractivity contribution in [1.82, 2.24) is 4.98 Å². The number of aromatic nitrogens is 1. The average Bonchev–Trinajstić information content (AvgIpc) is 3.22. The molecule has 0 aliphatic heterocycles. The molecular weight excluding hydrogens is 639 g/mol. The SMILES string of the molecule is CC(=O)/C=C(/C)O.CC1CCC(C)c2c1ccc1oc3cc4ccnc(-c5[c-]cccc5)c4cc3c21.[Ir]. The van der Waals surface area contributed by atoms with Gasteiger partial charge in [0.2, 0.25) is 0 Å². The molecule has 1 N–H and O–H groups in total. The van der Waals surface area contributed by atoms with Gasteiger partial charge in [-0.05, 0) is 90.4 Å². The van der Waals surface area contributed by atoms with E-state index in [1.165, 1.54) is 54.7 Å². The van der Waals surface area contributed by atoms with Gasteiger partial charge in [-0.15, -0.1) is 35.9 Å². The number of hydrogen-bond donors (Lipinski definition) is 1. The first-order valence-electron chi connectivity index (χ1n) is 12.5. The van der Waals surface area contributed by atoms with Gasteiger partial charge in [0.1, 0.15) is 11.2 Å². The number of hydrogen-bond acceptors (Lipinski definition) is 4. The van der Waals surface area contributed by atoms with Crippen LogP contribution in [0.1, 0.15) is 63.5 Å². The van der Waals surface area contributed by atoms with E-state index in [0.717, 1.165) is 33.2 Å². The van der Waals surface area contributed by atoms with Gasteiger partial charge >= 0.3 is 0 Å². The Morgan fingerprint density at radius 2 is 1.81 bits per heavy atom. The summed E-state index contributed by atoms with van der Waals surface area (Å²) >= 11 is 0. The van der Waals surface area contributed by atoms with Crippen LogP contribution in [-0.4, -0.2) is 15.9 Å². The Hall–Kier alpha value is -3.27. The molecule has 0 saturated carbocycles. The zero-order valence-electron chi connectivity index (χ0n) is 21.5. The molecule has 6 rings (SSSR count). The Morgan fingerprint density at radius 1 is 1.03 bits per heavy atom. The second-order valence-electron chi connectivity index (χ2n) is 9.82. The number of nitrogens with zero attached hydrogens (tertiary/aromatic N) is 1. The van der Waals surface area contributed by atoms with Gasteiger partial charge in [-0.2, -0.15) is 0 Å². The fraction of sp³-hybridized carbons (Fsp3) is 0.250. The van der Waals surface area contributed by atoms with E-state index < -0.39 is 0 Å². The Kier molecular flexibility index (Phi) is 7.96. The predicted octanol–water partition coefficient (Wildman–Crippen LogP) is 8.64. The minimum atomic E-state index is -0.125. The van der Waals surface area contributed by atoms with Crippen LogP contribution in [0, 0.1) is 6.07 Å². The maximum Gasteiger partial charge on any atom is 0.155 e. The van der Waals surface area contributed by atoms with Crippen molar-refractivity contribution in [2.75, 3.05) is 0 Å². The molecule has 3 aromatic carbocycles. The number of carbonyl (C=O) groups excluding carboxylic acids is 1. The van der Waals surface area contributed by atoms with E-state index in [1.54, 1.807) is 0 Å². The third-order valence-electron chi connectivity index (χ3n) is 7.03. The van der Waals surface area contributed by atoms with Crippen molar-refractivity contribution >= 4 is 38.5 Å². The molecule has 1 aliphatic carbocycles. The van der Waals surface area contributed by atoms with E-state index in [4.69, 9.17) is 14.5 Å². The molecular formula is C32H30IrNO3-. The van der Waals surface area contributed by atoms with Crippen LogP contribution < -0.4 is 0 Å². The van der Waals surface area contributed by atoms with Gasteiger partial charge in [-0.3, -0.25) is 4.79 Å². The Balaban J connectivity index is 0.000000356. The van der Waals surface area contributed by atoms with Crippen molar-refractivity contribution in [3.8, 4) is 11.3 Å². The molecule has 2 atom stereocenters. The van der Waals surface area contributed by atoms with Gasteiger partial charge in [0.25, 0.3) is 0 Å². The third kappa shape index (κ3) is 5.25. The van der Waals surface area contributed by atoms with Crippen LogP contribution in [0.4, 0.5) is 0 Å². The van der Waals surface area contributed by atoms with Gasteiger partial charge < -0.3 is 14.5 Å². The number of aliphatic hydroxyl groups is 1. The van der Waals surface area contributed by atoms with Crippen LogP contribution in [0.3, 0.4) is 0 Å². The topological polar surface area (TPSA) is 63.3 Å². The standard InChI is InChI=1S/C27H22NO.C5H8O2.Ir/c1-16-8-9-17(2)25-20(16)10-11-23-26(25)22-15-21-19(14-24(22)29-23)12-13-28-27(21)18-6-4-3-5-7-18;1-4(6)3-5(2)7;/h3-6,10-17H,8-9H2,1-2H3;3,6H,1-2H3;/q-1;;/b;4-3-;. The zero-order valence-corrected chi connectivity index (χ0v) is 23.9. The molecule has 0 spiro atoms. The molecule has 0 amide bonds. The molecule has 37 heavy (non-hydrogen) atoms. The zero-order chi connectivity index (χ0) is 25.4. The second-order valence-corrected chi connectivity index (χ2v) is 9.82. The summed E-state index contributed by atoms with van der Waals surface area (Å²) in [7, 11) is 0. The minimum absolute atomic E-state index is 0. The first-order chi connectivity index (χ1) is 17.3. The van der Waals surface area contributed by atoms with Crippen LogP contribution in [0.2, 0.25) is 0 Å². The second kappa shape index (κ2) is 11.0. The van der Waals surface area contributed by atoms with Crippen molar-refractivity contribution < 1.29 is 34.4 Å². The maximum atomic E-state index is 10.0. The van der Waals surface area contributed by atoms with Crippen LogP contribution in [0.15, 0.2) is 77.0 Å². The Morgan fingerprint density at radius 3 is 2.49 bits per heavy atom. The van der Waals surface area contributed by atoms with E-state index in [0.29, 0.717) is 11.8 Å². The summed E-state index contributed by atoms with van der Waals surface area (Å²) in [5, 5.41) is 13.2. The van der Waals surface area contributed by atoms with Gasteiger partial charge in [-0.1, -0.05) is 19.9 Å². The molecule has 5 heteroatoms. The molecule has 0 fully saturated rings. The molecule has 4 nitrogen and oxygen atoms in total. The first-order valence-corrected chi connectivity index (χ1v) is 12.5. The number of rotatable bonds is 2. The van der Waals surface area contributed by atoms with E-state index in [9.17, 15) is 4.79 Å². The van der Waals surface area contributed by atoms with Gasteiger partial charge in [0, 0.05) is 43.2 Å². The molecule has 1 aliphatic rings. The van der Waals surface area contributed by atoms with E-state index in [-0.39, 0.29) is 31.6 Å². The van der Waals surface area contributed by atoms with Gasteiger partial charge in [-0.25, -0.2) is 0 Å². The number of ketones is 1. The van der Waals surface area contributed by atoms with E-state index in [1.807, 2.05) is 24.4 Å². The van der Waals surface area contributed by atoms with Crippen molar-refractivity contribution in [3.63, 3.8) is 0 Å². The summed E-state index contributed by atoms with van der Waals surface area (Å²) in [6.45, 7) is 7.55. The maximum absolute atomic E-state index is 10.0. The van der Waals surface area contributed by atoms with Crippen LogP contribution >= 0.6 is 0 Å². The number of allylic oxidation sites excluding steroid dienone is 2. The fourth-order valence-electron chi connectivity index (χ4n) is 5.39. The van der Waals surface area contributed by atoms with Crippen LogP contribution in [0.5, 0.6) is 0 Å². The van der Waals surface area contributed by atoms with Crippen molar-refractivity contribution in [2.45, 2.75) is 52.4 Å². The summed E-state index contributed by atoms with van der Waals surface area (Å²) in [5.74, 6) is 1.09. The third-order valence-corrected chi connectivity index (χ3v) is 7.03. The molecule has 5 aromatic rings. The predicted molar refractivity (Wildman–Crippen MR) is 146 cm³/mol. The normalized spacial score (nSPS) is 17.1. The summed E-state index contributed by atoms with van der Waals surface area (Å²) in [5.41, 5.74) is 6.93. The smallest absolute Gasteiger partial charge is 0.155 e. The van der Waals surface area contributed by atoms with Crippen molar-refractivity contribution in [1.29, 1.82) is 0 Å². The number of furan rings is 1. The molecule has 2 heterocycles. The minimum Gasteiger partial charge on any atom is -0.512 e. The van der Waals surface area contributed by atoms with Crippen LogP contribution in [-0.2, 0) is 24.9 Å². The van der Waals surface area contributed by atoms with E-state index in [2.05, 4.69) is 56.3 Å². The number of benzene rings is 3. The van der Waals surface area contributed by atoms with Crippen LogP contribution in [0.25, 0.3) is 44.0 Å². The molecule has 2 unspecified atom stereocenters. The van der Waals surface area contributed by atoms with Gasteiger partial charge in [0.15, 0.2) is 5.78 Å². The Labute approximate surface area is 230 Å². The van der Waals surface area contributed by atoms with Gasteiger partial charge in [0.05, 0.1) is 5.76 Å². The molecule has 0 saturated heterocycles. The van der Waals surface area contributed by atoms with E-state index >= 15 is 0 Å². The summed E-state index contributed by atoms with van der Waals surface area (Å²) in [6.07, 6.45) is 5.54. The molecule has 1 radical (unpaired) electrons. The fourth-order valence-corrected chi connectivity index (χ4v) is 5.39. The number of fused-ring (bicyclic) bond motifs is 6. The van der Waals surface area contributed by atoms with Crippen molar-refractivity contribution in [3.05, 3.63) is 89.8 Å². The molecule has 191 valence electrons. The number of carbonyl (C=O) groups is 1. The van der Waals surface area contributed by atoms with Crippen molar-refractivity contribution in [2.24, 2.45) is 0 Å². The summed E-state index contributed by atoms with van der Waals surface area (Å²) in [6, 6.07) is 22.3. The number of aliphatic hydroxyl groups excluding tert-OH is 1. The quantitative estimate of drug-likeness (QED) is 0.116. The average molecular weight is 669 g/mol. The first kappa shape index (κ1) is 26.8. The Bertz CT molecular complexity index is 1610. The summed E-state index contributed by atoms with van der Waals surface area (Å²) < 4.78 is 6.33. The largest absolute Gasteiger partial charge is 0.512 e.